The minimum absolute atomic E-state index is 0.336. The van der Waals surface area contributed by atoms with E-state index in [1.807, 2.05) is 0 Å². The molecule has 1 heterocycles. The minimum Gasteiger partial charge on any atom is -0.497 e. The van der Waals surface area contributed by atoms with E-state index in [2.05, 4.69) is 4.99 Å². The number of ether oxygens (including phenoxy) is 6. The Hall–Kier alpha value is -3.47. The van der Waals surface area contributed by atoms with Crippen LogP contribution in [-0.2, 0) is 42.9 Å². The van der Waals surface area contributed by atoms with Crippen molar-refractivity contribution < 1.29 is 47.6 Å². The van der Waals surface area contributed by atoms with Crippen molar-refractivity contribution in [1.29, 1.82) is 0 Å². The molecule has 11 heteroatoms. The summed E-state index contributed by atoms with van der Waals surface area (Å²) < 4.78 is 32.0. The molecule has 1 aliphatic heterocycles. The summed E-state index contributed by atoms with van der Waals surface area (Å²) in [4.78, 5) is 51.1. The van der Waals surface area contributed by atoms with Gasteiger partial charge >= 0.3 is 23.9 Å². The lowest BCUT2D eigenvalue weighted by Gasteiger charge is -2.42. The number of carbonyl (C=O) groups excluding carboxylic acids is 4. The Kier molecular flexibility index (Phi) is 9.34. The van der Waals surface area contributed by atoms with E-state index in [1.54, 1.807) is 24.3 Å². The molecule has 0 radical (unpaired) electrons. The Labute approximate surface area is 190 Å². The predicted octanol–water partition coefficient (Wildman–Crippen LogP) is 1.20. The number of carbonyl (C=O) groups is 4. The summed E-state index contributed by atoms with van der Waals surface area (Å²) in [5.74, 6) is -2.00. The normalized spacial score (nSPS) is 24.6. The van der Waals surface area contributed by atoms with Gasteiger partial charge in [0, 0.05) is 33.9 Å². The summed E-state index contributed by atoms with van der Waals surface area (Å²) in [6, 6.07) is 5.84. The van der Waals surface area contributed by atoms with Gasteiger partial charge in [-0.15, -0.1) is 0 Å². The van der Waals surface area contributed by atoms with E-state index < -0.39 is 54.5 Å². The first kappa shape index (κ1) is 25.8. The smallest absolute Gasteiger partial charge is 0.305 e. The van der Waals surface area contributed by atoms with E-state index in [1.165, 1.54) is 41.0 Å². The number of esters is 4. The van der Waals surface area contributed by atoms with Gasteiger partial charge in [0.05, 0.1) is 7.11 Å². The van der Waals surface area contributed by atoms with Gasteiger partial charge in [-0.2, -0.15) is 0 Å². The number of benzene rings is 1. The van der Waals surface area contributed by atoms with E-state index in [-0.39, 0.29) is 6.61 Å². The van der Waals surface area contributed by atoms with Crippen molar-refractivity contribution in [3.63, 3.8) is 0 Å². The van der Waals surface area contributed by atoms with Crippen molar-refractivity contribution in [2.75, 3.05) is 13.7 Å². The number of hydrogen-bond donors (Lipinski definition) is 0. The first-order valence-corrected chi connectivity index (χ1v) is 10.1. The average Bonchev–Trinajstić information content (AvgIpc) is 2.73. The average molecular weight is 465 g/mol. The lowest BCUT2D eigenvalue weighted by Crippen LogP contribution is -2.61. The van der Waals surface area contributed by atoms with E-state index in [4.69, 9.17) is 28.4 Å². The minimum atomic E-state index is -1.31. The highest BCUT2D eigenvalue weighted by Gasteiger charge is 2.51. The highest BCUT2D eigenvalue weighted by atomic mass is 16.7. The van der Waals surface area contributed by atoms with Gasteiger partial charge in [-0.3, -0.25) is 24.2 Å². The van der Waals surface area contributed by atoms with E-state index in [0.717, 1.165) is 0 Å². The Balaban J connectivity index is 2.45. The first-order chi connectivity index (χ1) is 15.6. The fourth-order valence-corrected chi connectivity index (χ4v) is 3.17. The van der Waals surface area contributed by atoms with Crippen LogP contribution in [0, 0.1) is 0 Å². The summed E-state index contributed by atoms with van der Waals surface area (Å²) in [5, 5.41) is 0. The Morgan fingerprint density at radius 2 is 1.45 bits per heavy atom. The van der Waals surface area contributed by atoms with Crippen molar-refractivity contribution >= 4 is 30.1 Å². The SMILES string of the molecule is COc1ccc(/C=N/C2[C@@H](OC(C)=O)OC(COC(C)=O)[C@@H](OC(C)=O)[C@H]2OC(C)=O)cc1. The summed E-state index contributed by atoms with van der Waals surface area (Å²) in [6.07, 6.45) is -3.31. The van der Waals surface area contributed by atoms with Gasteiger partial charge in [-0.05, 0) is 29.8 Å². The Morgan fingerprint density at radius 3 is 1.97 bits per heavy atom. The van der Waals surface area contributed by atoms with Gasteiger partial charge in [-0.1, -0.05) is 0 Å². The van der Waals surface area contributed by atoms with E-state index in [9.17, 15) is 19.2 Å². The molecule has 0 saturated carbocycles. The molecule has 2 rings (SSSR count). The summed E-state index contributed by atoms with van der Waals surface area (Å²) in [6.45, 7) is 4.37. The second kappa shape index (κ2) is 12.0. The van der Waals surface area contributed by atoms with Gasteiger partial charge in [0.15, 0.2) is 18.2 Å². The Bertz CT molecular complexity index is 882. The zero-order chi connectivity index (χ0) is 24.5. The molecular formula is C22H27NO10. The predicted molar refractivity (Wildman–Crippen MR) is 113 cm³/mol. The largest absolute Gasteiger partial charge is 0.497 e. The summed E-state index contributed by atoms with van der Waals surface area (Å²) in [5.41, 5.74) is 0.671. The second-order valence-corrected chi connectivity index (χ2v) is 7.14. The standard InChI is InChI=1S/C22H27NO10/c1-12(24)29-11-18-20(30-13(2)25)21(31-14(3)26)19(22(33-18)32-15(4)27)23-10-16-6-8-17(28-5)9-7-16/h6-10,18-22H,11H2,1-5H3/b23-10+/t18?,19?,20-,21+,22+/m1/s1. The van der Waals surface area contributed by atoms with Gasteiger partial charge in [-0.25, -0.2) is 0 Å². The third-order valence-electron chi connectivity index (χ3n) is 4.46. The third-order valence-corrected chi connectivity index (χ3v) is 4.46. The van der Waals surface area contributed by atoms with Crippen LogP contribution < -0.4 is 4.74 Å². The van der Waals surface area contributed by atoms with Crippen LogP contribution >= 0.6 is 0 Å². The van der Waals surface area contributed by atoms with Crippen molar-refractivity contribution in [3.8, 4) is 5.75 Å². The molecule has 5 atom stereocenters. The fraction of sp³-hybridized carbons (Fsp3) is 0.500. The number of aliphatic imine (C=N–C) groups is 1. The molecule has 1 aromatic carbocycles. The number of rotatable bonds is 8. The molecule has 2 unspecified atom stereocenters. The molecule has 1 aromatic rings. The quantitative estimate of drug-likeness (QED) is 0.313. The van der Waals surface area contributed by atoms with Crippen LogP contribution in [-0.4, -0.2) is 74.5 Å². The molecule has 11 nitrogen and oxygen atoms in total. The molecule has 0 spiro atoms. The third kappa shape index (κ3) is 7.86. The van der Waals surface area contributed by atoms with Crippen molar-refractivity contribution in [2.24, 2.45) is 4.99 Å². The topological polar surface area (TPSA) is 136 Å². The Morgan fingerprint density at radius 1 is 0.879 bits per heavy atom. The zero-order valence-electron chi connectivity index (χ0n) is 19.0. The van der Waals surface area contributed by atoms with Gasteiger partial charge in [0.1, 0.15) is 18.5 Å². The number of methoxy groups -OCH3 is 1. The molecule has 0 aromatic heterocycles. The second-order valence-electron chi connectivity index (χ2n) is 7.14. The van der Waals surface area contributed by atoms with Gasteiger partial charge in [0.25, 0.3) is 0 Å². The maximum atomic E-state index is 11.9. The van der Waals surface area contributed by atoms with Crippen molar-refractivity contribution in [3.05, 3.63) is 29.8 Å². The molecule has 0 bridgehead atoms. The van der Waals surface area contributed by atoms with E-state index in [0.29, 0.717) is 11.3 Å². The molecule has 33 heavy (non-hydrogen) atoms. The van der Waals surface area contributed by atoms with E-state index >= 15 is 0 Å². The van der Waals surface area contributed by atoms with Gasteiger partial charge in [0.2, 0.25) is 6.29 Å². The zero-order valence-corrected chi connectivity index (χ0v) is 19.0. The number of nitrogens with zero attached hydrogens (tertiary/aromatic N) is 1. The highest BCUT2D eigenvalue weighted by molar-refractivity contribution is 5.80. The first-order valence-electron chi connectivity index (χ1n) is 10.1. The van der Waals surface area contributed by atoms with Crippen LogP contribution in [0.4, 0.5) is 0 Å². The maximum absolute atomic E-state index is 11.9. The van der Waals surface area contributed by atoms with Crippen LogP contribution in [0.25, 0.3) is 0 Å². The molecule has 180 valence electrons. The van der Waals surface area contributed by atoms with Crippen molar-refractivity contribution in [1.82, 2.24) is 0 Å². The van der Waals surface area contributed by atoms with Crippen LogP contribution in [0.2, 0.25) is 0 Å². The number of hydrogen-bond acceptors (Lipinski definition) is 11. The monoisotopic (exact) mass is 465 g/mol. The van der Waals surface area contributed by atoms with Crippen LogP contribution in [0.1, 0.15) is 33.3 Å². The molecule has 1 fully saturated rings. The molecule has 0 amide bonds. The lowest BCUT2D eigenvalue weighted by atomic mass is 9.96. The van der Waals surface area contributed by atoms with Crippen LogP contribution in [0.5, 0.6) is 5.75 Å². The lowest BCUT2D eigenvalue weighted by molar-refractivity contribution is -0.266. The molecule has 0 aliphatic carbocycles. The highest BCUT2D eigenvalue weighted by Crippen LogP contribution is 2.30. The van der Waals surface area contributed by atoms with Crippen LogP contribution in [0.3, 0.4) is 0 Å². The summed E-state index contributed by atoms with van der Waals surface area (Å²) in [7, 11) is 1.54. The fourth-order valence-electron chi connectivity index (χ4n) is 3.17. The molecular weight excluding hydrogens is 438 g/mol. The van der Waals surface area contributed by atoms with Crippen LogP contribution in [0.15, 0.2) is 29.3 Å². The molecule has 1 aliphatic rings. The maximum Gasteiger partial charge on any atom is 0.305 e. The molecule has 0 N–H and O–H groups in total. The molecule has 1 saturated heterocycles. The van der Waals surface area contributed by atoms with Crippen molar-refractivity contribution in [2.45, 2.75) is 58.3 Å². The van der Waals surface area contributed by atoms with Gasteiger partial charge < -0.3 is 28.4 Å². The summed E-state index contributed by atoms with van der Waals surface area (Å²) >= 11 is 0.